The molecule has 1 rings (SSSR count). The molecule has 2 N–H and O–H groups in total. The van der Waals surface area contributed by atoms with E-state index in [0.717, 1.165) is 0 Å². The third-order valence-electron chi connectivity index (χ3n) is 1.30. The van der Waals surface area contributed by atoms with Crippen LogP contribution in [-0.2, 0) is 4.79 Å². The number of hydrogen-bond donors (Lipinski definition) is 2. The first-order valence-corrected chi connectivity index (χ1v) is 3.74. The van der Waals surface area contributed by atoms with Crippen molar-refractivity contribution in [2.24, 2.45) is 0 Å². The molecule has 0 aliphatic heterocycles. The maximum Gasteiger partial charge on any atom is 0.308 e. The van der Waals surface area contributed by atoms with Gasteiger partial charge in [-0.25, -0.2) is 0 Å². The van der Waals surface area contributed by atoms with Crippen molar-refractivity contribution in [3.8, 4) is 0 Å². The predicted molar refractivity (Wildman–Crippen MR) is 42.4 cm³/mol. The predicted octanol–water partition coefficient (Wildman–Crippen LogP) is -0.154. The third-order valence-corrected chi connectivity index (χ3v) is 1.30. The fourth-order valence-electron chi connectivity index (χ4n) is 0.609. The van der Waals surface area contributed by atoms with Crippen LogP contribution in [0.5, 0.6) is 0 Å². The van der Waals surface area contributed by atoms with Crippen LogP contribution in [-0.4, -0.2) is 17.0 Å². The van der Waals surface area contributed by atoms with Crippen LogP contribution >= 0.6 is 0 Å². The average Bonchev–Trinajstić information content (AvgIpc) is 2.66. The Bertz CT molecular complexity index is 294. The monoisotopic (exact) mass is 183 g/mol. The first-order valence-electron chi connectivity index (χ1n) is 3.74. The normalized spacial score (nSPS) is 9.31. The van der Waals surface area contributed by atoms with Gasteiger partial charge in [0.2, 0.25) is 11.7 Å². The highest BCUT2D eigenvalue weighted by Gasteiger charge is 2.09. The molecule has 0 radical (unpaired) electrons. The summed E-state index contributed by atoms with van der Waals surface area (Å²) in [6.45, 7) is 1.68. The van der Waals surface area contributed by atoms with Crippen molar-refractivity contribution in [2.75, 3.05) is 0 Å². The number of aromatic nitrogens is 1. The molecule has 6 nitrogen and oxygen atoms in total. The first-order chi connectivity index (χ1) is 6.24. The van der Waals surface area contributed by atoms with E-state index in [-0.39, 0.29) is 11.7 Å². The van der Waals surface area contributed by atoms with Gasteiger partial charge in [-0.2, -0.15) is 0 Å². The lowest BCUT2D eigenvalue weighted by Gasteiger charge is -2.02. The van der Waals surface area contributed by atoms with E-state index in [2.05, 4.69) is 20.5 Å². The Morgan fingerprint density at radius 2 is 2.31 bits per heavy atom. The molecule has 0 bridgehead atoms. The number of rotatable bonds is 2. The molecule has 0 unspecified atom stereocenters. The summed E-state index contributed by atoms with van der Waals surface area (Å²) in [4.78, 5) is 21.8. The smallest absolute Gasteiger partial charge is 0.308 e. The Labute approximate surface area is 74.2 Å². The molecule has 6 heteroatoms. The van der Waals surface area contributed by atoms with Crippen LogP contribution in [0.3, 0.4) is 0 Å². The van der Waals surface area contributed by atoms with Crippen molar-refractivity contribution < 1.29 is 14.1 Å². The van der Waals surface area contributed by atoms with Crippen molar-refractivity contribution in [3.63, 3.8) is 0 Å². The van der Waals surface area contributed by atoms with E-state index in [0.29, 0.717) is 6.42 Å². The van der Waals surface area contributed by atoms with Gasteiger partial charge in [0.1, 0.15) is 0 Å². The number of carbonyl (C=O) groups is 2. The van der Waals surface area contributed by atoms with Gasteiger partial charge >= 0.3 is 5.91 Å². The molecule has 0 saturated heterocycles. The maximum absolute atomic E-state index is 11.1. The highest BCUT2D eigenvalue weighted by atomic mass is 16.5. The van der Waals surface area contributed by atoms with E-state index in [4.69, 9.17) is 0 Å². The lowest BCUT2D eigenvalue weighted by Crippen LogP contribution is -2.41. The van der Waals surface area contributed by atoms with Gasteiger partial charge in [-0.15, -0.1) is 0 Å². The van der Waals surface area contributed by atoms with Crippen LogP contribution in [0, 0.1) is 0 Å². The molecule has 2 amide bonds. The molecule has 0 aliphatic rings. The minimum absolute atomic E-state index is 0.0522. The largest absolute Gasteiger partial charge is 0.351 e. The van der Waals surface area contributed by atoms with Crippen molar-refractivity contribution in [3.05, 3.63) is 18.0 Å². The van der Waals surface area contributed by atoms with E-state index >= 15 is 0 Å². The lowest BCUT2D eigenvalue weighted by molar-refractivity contribution is -0.121. The number of hydrogen-bond acceptors (Lipinski definition) is 4. The fraction of sp³-hybridized carbons (Fsp3) is 0.286. The van der Waals surface area contributed by atoms with Gasteiger partial charge in [-0.05, 0) is 0 Å². The summed E-state index contributed by atoms with van der Waals surface area (Å²) in [5, 5.41) is 3.34. The Hall–Kier alpha value is -1.85. The second-order valence-electron chi connectivity index (χ2n) is 2.23. The molecule has 0 aromatic carbocycles. The van der Waals surface area contributed by atoms with Crippen LogP contribution < -0.4 is 10.9 Å². The zero-order chi connectivity index (χ0) is 9.68. The summed E-state index contributed by atoms with van der Waals surface area (Å²) in [5.41, 5.74) is 4.36. The lowest BCUT2D eigenvalue weighted by atomic mass is 10.4. The minimum atomic E-state index is -0.528. The molecular weight excluding hydrogens is 174 g/mol. The Balaban J connectivity index is 2.39. The van der Waals surface area contributed by atoms with Gasteiger partial charge in [-0.1, -0.05) is 12.1 Å². The number of hydrazine groups is 1. The number of carbonyl (C=O) groups excluding carboxylic acids is 2. The molecule has 0 saturated carbocycles. The SMILES string of the molecule is CCC(=O)NNC(=O)c1ccno1. The van der Waals surface area contributed by atoms with Crippen LogP contribution in [0.15, 0.2) is 16.8 Å². The van der Waals surface area contributed by atoms with Crippen molar-refractivity contribution >= 4 is 11.8 Å². The maximum atomic E-state index is 11.1. The zero-order valence-corrected chi connectivity index (χ0v) is 7.03. The summed E-state index contributed by atoms with van der Waals surface area (Å²) in [7, 11) is 0. The average molecular weight is 183 g/mol. The molecule has 1 aromatic rings. The third kappa shape index (κ3) is 2.58. The van der Waals surface area contributed by atoms with E-state index in [1.54, 1.807) is 6.92 Å². The molecule has 0 fully saturated rings. The molecule has 0 aliphatic carbocycles. The van der Waals surface area contributed by atoms with Crippen molar-refractivity contribution in [2.45, 2.75) is 13.3 Å². The quantitative estimate of drug-likeness (QED) is 0.624. The fourth-order valence-corrected chi connectivity index (χ4v) is 0.609. The summed E-state index contributed by atoms with van der Waals surface area (Å²) in [6, 6.07) is 1.40. The highest BCUT2D eigenvalue weighted by Crippen LogP contribution is 1.94. The van der Waals surface area contributed by atoms with Gasteiger partial charge < -0.3 is 4.52 Å². The number of nitrogens with zero attached hydrogens (tertiary/aromatic N) is 1. The Morgan fingerprint density at radius 3 is 2.85 bits per heavy atom. The summed E-state index contributed by atoms with van der Waals surface area (Å²) in [5.74, 6) is -0.747. The van der Waals surface area contributed by atoms with E-state index in [1.807, 2.05) is 0 Å². The summed E-state index contributed by atoms with van der Waals surface area (Å²) in [6.07, 6.45) is 1.65. The van der Waals surface area contributed by atoms with Gasteiger partial charge in [0.15, 0.2) is 0 Å². The van der Waals surface area contributed by atoms with Crippen molar-refractivity contribution in [1.29, 1.82) is 0 Å². The molecule has 0 atom stereocenters. The molecule has 13 heavy (non-hydrogen) atoms. The van der Waals surface area contributed by atoms with Gasteiger partial charge in [0.25, 0.3) is 0 Å². The molecular formula is C7H9N3O3. The summed E-state index contributed by atoms with van der Waals surface area (Å²) < 4.78 is 4.55. The zero-order valence-electron chi connectivity index (χ0n) is 7.03. The standard InChI is InChI=1S/C7H9N3O3/c1-2-6(11)9-10-7(12)5-3-4-8-13-5/h3-4H,2H2,1H3,(H,9,11)(H,10,12). The molecule has 0 spiro atoms. The van der Waals surface area contributed by atoms with E-state index < -0.39 is 5.91 Å². The number of nitrogens with one attached hydrogen (secondary N) is 2. The number of amides is 2. The van der Waals surface area contributed by atoms with Gasteiger partial charge in [0, 0.05) is 12.5 Å². The second kappa shape index (κ2) is 4.24. The van der Waals surface area contributed by atoms with Gasteiger partial charge in [0.05, 0.1) is 6.20 Å². The van der Waals surface area contributed by atoms with Crippen LogP contribution in [0.2, 0.25) is 0 Å². The first kappa shape index (κ1) is 9.24. The Kier molecular flexibility index (Phi) is 3.02. The van der Waals surface area contributed by atoms with Crippen LogP contribution in [0.1, 0.15) is 23.9 Å². The Morgan fingerprint density at radius 1 is 1.54 bits per heavy atom. The van der Waals surface area contributed by atoms with Gasteiger partial charge in [-0.3, -0.25) is 20.4 Å². The topological polar surface area (TPSA) is 84.2 Å². The molecule has 1 aromatic heterocycles. The minimum Gasteiger partial charge on any atom is -0.351 e. The van der Waals surface area contributed by atoms with E-state index in [1.165, 1.54) is 12.3 Å². The molecule has 70 valence electrons. The van der Waals surface area contributed by atoms with Crippen LogP contribution in [0.25, 0.3) is 0 Å². The van der Waals surface area contributed by atoms with Crippen molar-refractivity contribution in [1.82, 2.24) is 16.0 Å². The van der Waals surface area contributed by atoms with E-state index in [9.17, 15) is 9.59 Å². The summed E-state index contributed by atoms with van der Waals surface area (Å²) >= 11 is 0. The second-order valence-corrected chi connectivity index (χ2v) is 2.23. The highest BCUT2D eigenvalue weighted by molar-refractivity contribution is 5.92. The molecule has 1 heterocycles. The van der Waals surface area contributed by atoms with Crippen LogP contribution in [0.4, 0.5) is 0 Å².